The Kier molecular flexibility index (Phi) is 5.25. The van der Waals surface area contributed by atoms with Gasteiger partial charge in [-0.1, -0.05) is 6.92 Å². The van der Waals surface area contributed by atoms with E-state index in [2.05, 4.69) is 12.2 Å². The van der Waals surface area contributed by atoms with E-state index in [1.54, 1.807) is 0 Å². The summed E-state index contributed by atoms with van der Waals surface area (Å²) >= 11 is 0. The Labute approximate surface area is 105 Å². The van der Waals surface area contributed by atoms with Crippen LogP contribution in [0, 0.1) is 0 Å². The van der Waals surface area contributed by atoms with Gasteiger partial charge in [0.15, 0.2) is 0 Å². The first-order valence-corrected chi connectivity index (χ1v) is 6.64. The van der Waals surface area contributed by atoms with E-state index in [0.717, 1.165) is 38.9 Å². The second-order valence-electron chi connectivity index (χ2n) is 5.65. The maximum absolute atomic E-state index is 12.1. The summed E-state index contributed by atoms with van der Waals surface area (Å²) in [7, 11) is 0. The highest BCUT2D eigenvalue weighted by Crippen LogP contribution is 2.17. The van der Waals surface area contributed by atoms with Crippen molar-refractivity contribution in [3.63, 3.8) is 0 Å². The van der Waals surface area contributed by atoms with Crippen molar-refractivity contribution in [1.82, 2.24) is 10.2 Å². The van der Waals surface area contributed by atoms with Gasteiger partial charge in [-0.3, -0.25) is 0 Å². The first kappa shape index (κ1) is 14.3. The van der Waals surface area contributed by atoms with Gasteiger partial charge in [0.25, 0.3) is 0 Å². The number of nitrogens with one attached hydrogen (secondary N) is 1. The van der Waals surface area contributed by atoms with Crippen molar-refractivity contribution < 1.29 is 9.53 Å². The van der Waals surface area contributed by atoms with Crippen LogP contribution in [0.4, 0.5) is 4.79 Å². The number of piperidine rings is 1. The van der Waals surface area contributed by atoms with Gasteiger partial charge in [-0.2, -0.15) is 0 Å². The molecular weight excluding hydrogens is 216 g/mol. The van der Waals surface area contributed by atoms with E-state index in [-0.39, 0.29) is 6.09 Å². The number of hydrogen-bond acceptors (Lipinski definition) is 3. The van der Waals surface area contributed by atoms with E-state index in [4.69, 9.17) is 4.74 Å². The van der Waals surface area contributed by atoms with E-state index >= 15 is 0 Å². The maximum atomic E-state index is 12.1. The Balaban J connectivity index is 2.60. The first-order valence-electron chi connectivity index (χ1n) is 6.64. The van der Waals surface area contributed by atoms with Crippen LogP contribution in [0.3, 0.4) is 0 Å². The normalized spacial score (nSPS) is 17.9. The van der Waals surface area contributed by atoms with Crippen LogP contribution in [0.5, 0.6) is 0 Å². The van der Waals surface area contributed by atoms with Crippen LogP contribution in [0.2, 0.25) is 0 Å². The zero-order chi connectivity index (χ0) is 12.9. The summed E-state index contributed by atoms with van der Waals surface area (Å²) in [5.41, 5.74) is -0.407. The molecule has 1 aliphatic rings. The molecule has 0 aromatic rings. The molecule has 1 N–H and O–H groups in total. The topological polar surface area (TPSA) is 41.6 Å². The first-order chi connectivity index (χ1) is 7.94. The van der Waals surface area contributed by atoms with Crippen molar-refractivity contribution in [1.29, 1.82) is 0 Å². The standard InChI is InChI=1S/C13H26N2O2/c1-5-10-15(11-6-8-14-9-7-11)12(16)17-13(2,3)4/h11,14H,5-10H2,1-4H3. The third-order valence-electron chi connectivity index (χ3n) is 2.84. The minimum absolute atomic E-state index is 0.161. The third kappa shape index (κ3) is 4.94. The lowest BCUT2D eigenvalue weighted by Gasteiger charge is -2.35. The summed E-state index contributed by atoms with van der Waals surface area (Å²) in [6, 6.07) is 0.339. The molecule has 4 nitrogen and oxygen atoms in total. The van der Waals surface area contributed by atoms with E-state index in [9.17, 15) is 4.79 Å². The van der Waals surface area contributed by atoms with Crippen molar-refractivity contribution in [2.75, 3.05) is 19.6 Å². The van der Waals surface area contributed by atoms with Crippen molar-refractivity contribution in [2.24, 2.45) is 0 Å². The van der Waals surface area contributed by atoms with Crippen molar-refractivity contribution in [2.45, 2.75) is 58.6 Å². The van der Waals surface area contributed by atoms with E-state index in [1.165, 1.54) is 0 Å². The van der Waals surface area contributed by atoms with Crippen LogP contribution in [-0.4, -0.2) is 42.3 Å². The molecule has 100 valence electrons. The zero-order valence-electron chi connectivity index (χ0n) is 11.6. The van der Waals surface area contributed by atoms with Gasteiger partial charge in [0, 0.05) is 12.6 Å². The predicted octanol–water partition coefficient (Wildman–Crippen LogP) is 2.39. The summed E-state index contributed by atoms with van der Waals surface area (Å²) in [4.78, 5) is 14.0. The summed E-state index contributed by atoms with van der Waals surface area (Å²) in [5.74, 6) is 0. The molecule has 0 saturated carbocycles. The van der Waals surface area contributed by atoms with Crippen molar-refractivity contribution >= 4 is 6.09 Å². The van der Waals surface area contributed by atoms with E-state index in [1.807, 2.05) is 25.7 Å². The number of carbonyl (C=O) groups is 1. The molecule has 1 heterocycles. The highest BCUT2D eigenvalue weighted by molar-refractivity contribution is 5.68. The smallest absolute Gasteiger partial charge is 0.410 e. The molecular formula is C13H26N2O2. The van der Waals surface area contributed by atoms with Crippen molar-refractivity contribution in [3.8, 4) is 0 Å². The molecule has 0 aromatic heterocycles. The number of carbonyl (C=O) groups excluding carboxylic acids is 1. The summed E-state index contributed by atoms with van der Waals surface area (Å²) in [6.07, 6.45) is 2.87. The van der Waals surface area contributed by atoms with Crippen molar-refractivity contribution in [3.05, 3.63) is 0 Å². The summed E-state index contributed by atoms with van der Waals surface area (Å²) in [6.45, 7) is 10.6. The third-order valence-corrected chi connectivity index (χ3v) is 2.84. The van der Waals surface area contributed by atoms with Crippen LogP contribution < -0.4 is 5.32 Å². The van der Waals surface area contributed by atoms with Gasteiger partial charge in [-0.05, 0) is 53.1 Å². The lowest BCUT2D eigenvalue weighted by Crippen LogP contribution is -2.48. The number of hydrogen-bond donors (Lipinski definition) is 1. The average molecular weight is 242 g/mol. The highest BCUT2D eigenvalue weighted by Gasteiger charge is 2.28. The van der Waals surface area contributed by atoms with Gasteiger partial charge in [0.05, 0.1) is 0 Å². The van der Waals surface area contributed by atoms with E-state index < -0.39 is 5.60 Å². The molecule has 4 heteroatoms. The molecule has 1 rings (SSSR count). The Morgan fingerprint density at radius 2 is 1.94 bits per heavy atom. The largest absolute Gasteiger partial charge is 0.444 e. The fourth-order valence-electron chi connectivity index (χ4n) is 2.10. The minimum atomic E-state index is -0.407. The molecule has 0 unspecified atom stereocenters. The summed E-state index contributed by atoms with van der Waals surface area (Å²) < 4.78 is 5.47. The average Bonchev–Trinajstić information content (AvgIpc) is 2.24. The number of nitrogens with zero attached hydrogens (tertiary/aromatic N) is 1. The van der Waals surface area contributed by atoms with Crippen LogP contribution in [0.25, 0.3) is 0 Å². The van der Waals surface area contributed by atoms with Gasteiger partial charge in [-0.25, -0.2) is 4.79 Å². The molecule has 1 saturated heterocycles. The number of rotatable bonds is 3. The number of ether oxygens (including phenoxy) is 1. The van der Waals surface area contributed by atoms with Crippen LogP contribution >= 0.6 is 0 Å². The quantitative estimate of drug-likeness (QED) is 0.826. The van der Waals surface area contributed by atoms with Gasteiger partial charge in [0.2, 0.25) is 0 Å². The summed E-state index contributed by atoms with van der Waals surface area (Å²) in [5, 5.41) is 3.32. The van der Waals surface area contributed by atoms with Gasteiger partial charge in [-0.15, -0.1) is 0 Å². The second-order valence-corrected chi connectivity index (χ2v) is 5.65. The van der Waals surface area contributed by atoms with Gasteiger partial charge < -0.3 is 15.0 Å². The molecule has 0 radical (unpaired) electrons. The Hall–Kier alpha value is -0.770. The molecule has 17 heavy (non-hydrogen) atoms. The lowest BCUT2D eigenvalue weighted by atomic mass is 10.1. The fourth-order valence-corrected chi connectivity index (χ4v) is 2.10. The zero-order valence-corrected chi connectivity index (χ0v) is 11.6. The molecule has 0 bridgehead atoms. The minimum Gasteiger partial charge on any atom is -0.444 e. The molecule has 1 amide bonds. The maximum Gasteiger partial charge on any atom is 0.410 e. The lowest BCUT2D eigenvalue weighted by molar-refractivity contribution is 0.0129. The van der Waals surface area contributed by atoms with Gasteiger partial charge in [0.1, 0.15) is 5.60 Å². The highest BCUT2D eigenvalue weighted by atomic mass is 16.6. The predicted molar refractivity (Wildman–Crippen MR) is 69.1 cm³/mol. The molecule has 0 atom stereocenters. The molecule has 0 spiro atoms. The van der Waals surface area contributed by atoms with E-state index in [0.29, 0.717) is 6.04 Å². The number of amides is 1. The Bertz CT molecular complexity index is 242. The Morgan fingerprint density at radius 1 is 1.35 bits per heavy atom. The monoisotopic (exact) mass is 242 g/mol. The molecule has 0 aromatic carbocycles. The fraction of sp³-hybridized carbons (Fsp3) is 0.923. The van der Waals surface area contributed by atoms with Crippen LogP contribution in [0.1, 0.15) is 47.0 Å². The Morgan fingerprint density at radius 3 is 2.41 bits per heavy atom. The SMILES string of the molecule is CCCN(C(=O)OC(C)(C)C)C1CCNCC1. The second kappa shape index (κ2) is 6.24. The molecule has 1 fully saturated rings. The van der Waals surface area contributed by atoms with Gasteiger partial charge >= 0.3 is 6.09 Å². The van der Waals surface area contributed by atoms with Crippen LogP contribution in [0.15, 0.2) is 0 Å². The molecule has 0 aliphatic carbocycles. The van der Waals surface area contributed by atoms with Crippen LogP contribution in [-0.2, 0) is 4.74 Å². The molecule has 1 aliphatic heterocycles.